The van der Waals surface area contributed by atoms with Gasteiger partial charge in [-0.3, -0.25) is 4.98 Å². The number of pyridine rings is 1. The van der Waals surface area contributed by atoms with E-state index < -0.39 is 23.3 Å². The molecule has 3 rings (SSSR count). The fourth-order valence-electron chi connectivity index (χ4n) is 3.53. The zero-order valence-corrected chi connectivity index (χ0v) is 16.5. The van der Waals surface area contributed by atoms with Crippen LogP contribution >= 0.6 is 0 Å². The lowest BCUT2D eigenvalue weighted by molar-refractivity contribution is -0.137. The van der Waals surface area contributed by atoms with Crippen LogP contribution in [0.2, 0.25) is 0 Å². The number of ether oxygens (including phenoxy) is 1. The van der Waals surface area contributed by atoms with Gasteiger partial charge in [0.25, 0.3) is 0 Å². The first-order chi connectivity index (χ1) is 14.2. The van der Waals surface area contributed by atoms with Crippen molar-refractivity contribution in [2.24, 2.45) is 0 Å². The van der Waals surface area contributed by atoms with Gasteiger partial charge >= 0.3 is 12.1 Å². The van der Waals surface area contributed by atoms with Gasteiger partial charge in [0.1, 0.15) is 0 Å². The number of benzene rings is 1. The number of carbonyl (C=O) groups excluding carboxylic acids is 1. The van der Waals surface area contributed by atoms with Crippen LogP contribution in [0.4, 0.5) is 13.2 Å². The molecule has 0 spiro atoms. The van der Waals surface area contributed by atoms with Gasteiger partial charge in [-0.05, 0) is 43.2 Å². The minimum Gasteiger partial charge on any atom is -0.465 e. The monoisotopic (exact) mass is 413 g/mol. The van der Waals surface area contributed by atoms with E-state index in [9.17, 15) is 18.0 Å². The van der Waals surface area contributed by atoms with Crippen molar-refractivity contribution >= 4 is 5.97 Å². The predicted octanol–water partition coefficient (Wildman–Crippen LogP) is 4.89. The van der Waals surface area contributed by atoms with Crippen molar-refractivity contribution in [1.82, 2.24) is 9.55 Å². The van der Waals surface area contributed by atoms with E-state index >= 15 is 0 Å². The van der Waals surface area contributed by atoms with Crippen LogP contribution in [-0.4, -0.2) is 22.6 Å². The second-order valence-electron chi connectivity index (χ2n) is 6.73. The van der Waals surface area contributed by atoms with Crippen LogP contribution in [0.15, 0.2) is 42.7 Å². The molecular weight excluding hydrogens is 395 g/mol. The Bertz CT molecular complexity index is 1140. The van der Waals surface area contributed by atoms with Crippen LogP contribution in [0.5, 0.6) is 0 Å². The molecule has 0 aliphatic carbocycles. The molecule has 2 aromatic heterocycles. The number of nitriles is 1. The fourth-order valence-corrected chi connectivity index (χ4v) is 3.53. The number of hydrogen-bond donors (Lipinski definition) is 0. The highest BCUT2D eigenvalue weighted by Gasteiger charge is 2.35. The van der Waals surface area contributed by atoms with Crippen molar-refractivity contribution in [3.05, 3.63) is 76.4 Å². The molecule has 0 atom stereocenters. The standard InChI is InChI=1S/C22H18F3N3O2/c1-13-19(16-6-7-17(10-26)18(9-16)22(23,24)25)20(21(29)30-3)14(2)28(13)12-15-5-4-8-27-11-15/h4-9,11H,12H2,1-3H3. The van der Waals surface area contributed by atoms with E-state index in [2.05, 4.69) is 4.98 Å². The minimum absolute atomic E-state index is 0.187. The normalized spacial score (nSPS) is 11.2. The summed E-state index contributed by atoms with van der Waals surface area (Å²) in [7, 11) is 1.22. The van der Waals surface area contributed by atoms with Gasteiger partial charge in [-0.1, -0.05) is 12.1 Å². The summed E-state index contributed by atoms with van der Waals surface area (Å²) in [4.78, 5) is 16.6. The number of hydrogen-bond acceptors (Lipinski definition) is 4. The summed E-state index contributed by atoms with van der Waals surface area (Å²) in [6, 6.07) is 8.65. The summed E-state index contributed by atoms with van der Waals surface area (Å²) in [5, 5.41) is 9.06. The summed E-state index contributed by atoms with van der Waals surface area (Å²) < 4.78 is 47.2. The van der Waals surface area contributed by atoms with E-state index in [0.717, 1.165) is 17.7 Å². The third kappa shape index (κ3) is 3.79. The number of alkyl halides is 3. The number of rotatable bonds is 4. The smallest absolute Gasteiger partial charge is 0.417 e. The van der Waals surface area contributed by atoms with Crippen molar-refractivity contribution in [2.45, 2.75) is 26.6 Å². The molecule has 0 saturated carbocycles. The van der Waals surface area contributed by atoms with Gasteiger partial charge in [-0.15, -0.1) is 0 Å². The minimum atomic E-state index is -4.70. The van der Waals surface area contributed by atoms with Crippen LogP contribution < -0.4 is 0 Å². The van der Waals surface area contributed by atoms with Gasteiger partial charge in [0.2, 0.25) is 0 Å². The highest BCUT2D eigenvalue weighted by molar-refractivity contribution is 6.00. The Morgan fingerprint density at radius 3 is 2.53 bits per heavy atom. The zero-order chi connectivity index (χ0) is 22.1. The average Bonchev–Trinajstić information content (AvgIpc) is 2.97. The lowest BCUT2D eigenvalue weighted by Crippen LogP contribution is -2.09. The Morgan fingerprint density at radius 2 is 1.97 bits per heavy atom. The van der Waals surface area contributed by atoms with Gasteiger partial charge in [0.05, 0.1) is 29.9 Å². The molecule has 3 aromatic rings. The molecule has 2 heterocycles. The van der Waals surface area contributed by atoms with E-state index in [4.69, 9.17) is 10.00 Å². The lowest BCUT2D eigenvalue weighted by Gasteiger charge is -2.12. The summed E-state index contributed by atoms with van der Waals surface area (Å²) >= 11 is 0. The number of aromatic nitrogens is 2. The Hall–Kier alpha value is -3.60. The molecule has 8 heteroatoms. The van der Waals surface area contributed by atoms with Crippen LogP contribution in [0, 0.1) is 25.2 Å². The lowest BCUT2D eigenvalue weighted by atomic mass is 9.96. The number of esters is 1. The Balaban J connectivity index is 2.26. The van der Waals surface area contributed by atoms with Crippen molar-refractivity contribution in [3.63, 3.8) is 0 Å². The van der Waals surface area contributed by atoms with Crippen molar-refractivity contribution in [2.75, 3.05) is 7.11 Å². The summed E-state index contributed by atoms with van der Waals surface area (Å²) in [5.74, 6) is -0.645. The number of halogens is 3. The SMILES string of the molecule is COC(=O)c1c(-c2ccc(C#N)c(C(F)(F)F)c2)c(C)n(Cc2cccnc2)c1C. The van der Waals surface area contributed by atoms with Crippen LogP contribution in [0.1, 0.15) is 38.4 Å². The van der Waals surface area contributed by atoms with Gasteiger partial charge < -0.3 is 9.30 Å². The fraction of sp³-hybridized carbons (Fsp3) is 0.227. The van der Waals surface area contributed by atoms with Gasteiger partial charge in [-0.2, -0.15) is 18.4 Å². The molecular formula is C22H18F3N3O2. The van der Waals surface area contributed by atoms with E-state index in [0.29, 0.717) is 23.5 Å². The van der Waals surface area contributed by atoms with Crippen molar-refractivity contribution in [3.8, 4) is 17.2 Å². The molecule has 0 amide bonds. The predicted molar refractivity (Wildman–Crippen MR) is 104 cm³/mol. The summed E-state index contributed by atoms with van der Waals surface area (Å²) in [6.45, 7) is 3.84. The third-order valence-corrected chi connectivity index (χ3v) is 4.97. The third-order valence-electron chi connectivity index (χ3n) is 4.97. The maximum Gasteiger partial charge on any atom is 0.417 e. The number of nitrogens with zero attached hydrogens (tertiary/aromatic N) is 3. The van der Waals surface area contributed by atoms with Gasteiger partial charge in [-0.25, -0.2) is 4.79 Å². The highest BCUT2D eigenvalue weighted by Crippen LogP contribution is 2.38. The maximum absolute atomic E-state index is 13.5. The molecule has 0 radical (unpaired) electrons. The quantitative estimate of drug-likeness (QED) is 0.571. The molecule has 0 bridgehead atoms. The van der Waals surface area contributed by atoms with Gasteiger partial charge in [0, 0.05) is 35.9 Å². The van der Waals surface area contributed by atoms with E-state index in [1.807, 2.05) is 10.6 Å². The molecule has 0 aliphatic rings. The molecule has 0 N–H and O–H groups in total. The first kappa shape index (κ1) is 21.1. The Kier molecular flexibility index (Phi) is 5.65. The largest absolute Gasteiger partial charge is 0.465 e. The first-order valence-electron chi connectivity index (χ1n) is 8.97. The van der Waals surface area contributed by atoms with E-state index in [1.54, 1.807) is 38.4 Å². The zero-order valence-electron chi connectivity index (χ0n) is 16.5. The van der Waals surface area contributed by atoms with Crippen LogP contribution in [0.25, 0.3) is 11.1 Å². The summed E-state index contributed by atoms with van der Waals surface area (Å²) in [6.07, 6.45) is -1.38. The number of carbonyl (C=O) groups is 1. The molecule has 0 aliphatic heterocycles. The molecule has 154 valence electrons. The van der Waals surface area contributed by atoms with Crippen LogP contribution in [0.3, 0.4) is 0 Å². The molecule has 0 saturated heterocycles. The van der Waals surface area contributed by atoms with E-state index in [-0.39, 0.29) is 11.1 Å². The molecule has 0 unspecified atom stereocenters. The molecule has 30 heavy (non-hydrogen) atoms. The van der Waals surface area contributed by atoms with Crippen LogP contribution in [-0.2, 0) is 17.5 Å². The number of methoxy groups -OCH3 is 1. The topological polar surface area (TPSA) is 67.9 Å². The average molecular weight is 413 g/mol. The van der Waals surface area contributed by atoms with Crippen molar-refractivity contribution in [1.29, 1.82) is 5.26 Å². The van der Waals surface area contributed by atoms with E-state index in [1.165, 1.54) is 13.2 Å². The molecule has 5 nitrogen and oxygen atoms in total. The molecule has 0 fully saturated rings. The maximum atomic E-state index is 13.5. The first-order valence-corrected chi connectivity index (χ1v) is 8.97. The Morgan fingerprint density at radius 1 is 1.23 bits per heavy atom. The summed E-state index contributed by atoms with van der Waals surface area (Å²) in [5.41, 5.74) is 1.25. The Labute approximate surface area is 171 Å². The molecule has 1 aromatic carbocycles. The van der Waals surface area contributed by atoms with Crippen molar-refractivity contribution < 1.29 is 22.7 Å². The van der Waals surface area contributed by atoms with Gasteiger partial charge in [0.15, 0.2) is 0 Å². The second-order valence-corrected chi connectivity index (χ2v) is 6.73. The highest BCUT2D eigenvalue weighted by atomic mass is 19.4. The second kappa shape index (κ2) is 8.03.